The van der Waals surface area contributed by atoms with Crippen LogP contribution >= 0.6 is 11.3 Å². The van der Waals surface area contributed by atoms with Crippen LogP contribution in [0.25, 0.3) is 164 Å². The van der Waals surface area contributed by atoms with Crippen molar-refractivity contribution in [2.24, 2.45) is 0 Å². The first-order valence-electron chi connectivity index (χ1n) is 27.4. The fraction of sp³-hybridized carbons (Fsp3) is 0. The van der Waals surface area contributed by atoms with Crippen molar-refractivity contribution in [1.82, 2.24) is 29.1 Å². The van der Waals surface area contributed by atoms with Crippen LogP contribution in [0.15, 0.2) is 267 Å². The van der Waals surface area contributed by atoms with Crippen LogP contribution in [-0.4, -0.2) is 29.1 Å². The molecule has 0 N–H and O–H groups in total. The fourth-order valence-corrected chi connectivity index (χ4v) is 13.7. The standard InChI is InChI=1S/C74H44N6S/c1-4-19-47(20-5-1)67-44-59-66(81-67)40-35-61-70(59)72(49-23-8-3-9-24-49)78-74(76-61)80-63-37-34-53(43-58(63)69-55-28-13-11-18-46(55)32-39-65(69)80)51-26-16-25-50(41-51)52-33-36-62-57(42-52)68-54-27-12-10-17-45(54)31-38-64(68)79(62)73-75-60-30-15-14-29-56(60)71(77-73)48-21-6-2-7-22-48/h1-44H. The summed E-state index contributed by atoms with van der Waals surface area (Å²) in [6, 6.07) is 95.7. The van der Waals surface area contributed by atoms with E-state index in [1.807, 2.05) is 17.4 Å². The van der Waals surface area contributed by atoms with Gasteiger partial charge in [0.2, 0.25) is 11.9 Å². The average molecular weight is 1050 g/mol. The summed E-state index contributed by atoms with van der Waals surface area (Å²) in [6.07, 6.45) is 0. The van der Waals surface area contributed by atoms with Crippen LogP contribution in [0.1, 0.15) is 0 Å². The molecular formula is C74H44N6S. The molecule has 81 heavy (non-hydrogen) atoms. The smallest absolute Gasteiger partial charge is 0.235 e. The Kier molecular flexibility index (Phi) is 10.1. The third-order valence-electron chi connectivity index (χ3n) is 16.3. The molecule has 17 rings (SSSR count). The maximum absolute atomic E-state index is 5.60. The Morgan fingerprint density at radius 2 is 0.728 bits per heavy atom. The van der Waals surface area contributed by atoms with Gasteiger partial charge in [-0.3, -0.25) is 9.13 Å². The molecule has 0 spiro atoms. The molecule has 12 aromatic carbocycles. The van der Waals surface area contributed by atoms with Gasteiger partial charge in [0.15, 0.2) is 0 Å². The zero-order valence-electron chi connectivity index (χ0n) is 43.5. The van der Waals surface area contributed by atoms with Crippen molar-refractivity contribution in [2.45, 2.75) is 0 Å². The molecule has 0 radical (unpaired) electrons. The molecule has 5 heterocycles. The third-order valence-corrected chi connectivity index (χ3v) is 17.5. The van der Waals surface area contributed by atoms with Crippen molar-refractivity contribution in [3.05, 3.63) is 267 Å². The Hall–Kier alpha value is -10.6. The lowest BCUT2D eigenvalue weighted by Crippen LogP contribution is -2.03. The van der Waals surface area contributed by atoms with Gasteiger partial charge in [-0.2, -0.15) is 0 Å². The molecule has 0 aliphatic carbocycles. The number of benzene rings is 12. The highest BCUT2D eigenvalue weighted by atomic mass is 32.1. The maximum Gasteiger partial charge on any atom is 0.235 e. The summed E-state index contributed by atoms with van der Waals surface area (Å²) in [7, 11) is 0. The molecule has 17 aromatic rings. The number of rotatable bonds is 7. The molecule has 0 bridgehead atoms. The van der Waals surface area contributed by atoms with E-state index in [1.54, 1.807) is 0 Å². The van der Waals surface area contributed by atoms with Gasteiger partial charge in [-0.25, -0.2) is 19.9 Å². The van der Waals surface area contributed by atoms with E-state index < -0.39 is 0 Å². The molecule has 7 heteroatoms. The van der Waals surface area contributed by atoms with E-state index in [9.17, 15) is 0 Å². The summed E-state index contributed by atoms with van der Waals surface area (Å²) in [5.74, 6) is 1.28. The zero-order valence-corrected chi connectivity index (χ0v) is 44.3. The second kappa shape index (κ2) is 18.0. The largest absolute Gasteiger partial charge is 0.278 e. The number of hydrogen-bond acceptors (Lipinski definition) is 5. The number of thiophene rings is 1. The molecule has 376 valence electrons. The van der Waals surface area contributed by atoms with E-state index in [2.05, 4.69) is 270 Å². The molecular weight excluding hydrogens is 1000 g/mol. The molecule has 0 saturated heterocycles. The van der Waals surface area contributed by atoms with E-state index >= 15 is 0 Å². The first kappa shape index (κ1) is 45.4. The highest BCUT2D eigenvalue weighted by Crippen LogP contribution is 2.44. The number of para-hydroxylation sites is 1. The van der Waals surface area contributed by atoms with Crippen molar-refractivity contribution < 1.29 is 0 Å². The maximum atomic E-state index is 5.60. The molecule has 0 unspecified atom stereocenters. The van der Waals surface area contributed by atoms with Crippen LogP contribution < -0.4 is 0 Å². The summed E-state index contributed by atoms with van der Waals surface area (Å²) < 4.78 is 5.74. The molecule has 5 aromatic heterocycles. The van der Waals surface area contributed by atoms with Gasteiger partial charge >= 0.3 is 0 Å². The summed E-state index contributed by atoms with van der Waals surface area (Å²) in [5.41, 5.74) is 15.7. The lowest BCUT2D eigenvalue weighted by atomic mass is 9.96. The number of nitrogens with zero attached hydrogens (tertiary/aromatic N) is 6. The minimum absolute atomic E-state index is 0.637. The van der Waals surface area contributed by atoms with E-state index in [0.29, 0.717) is 11.9 Å². The Balaban J connectivity index is 0.833. The van der Waals surface area contributed by atoms with E-state index in [4.69, 9.17) is 19.9 Å². The normalized spacial score (nSPS) is 12.0. The predicted octanol–water partition coefficient (Wildman–Crippen LogP) is 19.6. The molecule has 0 atom stereocenters. The summed E-state index contributed by atoms with van der Waals surface area (Å²) >= 11 is 1.81. The summed E-state index contributed by atoms with van der Waals surface area (Å²) in [4.78, 5) is 23.0. The first-order chi connectivity index (χ1) is 40.1. The second-order valence-corrected chi connectivity index (χ2v) is 22.0. The SMILES string of the molecule is c1ccc(-c2cc3c(ccc4nc(-n5c6ccc(-c7cccc(-c8ccc9c(c8)c8c%10ccccc%10ccc8n9-c8nc(-c9ccccc9)c9ccccc9n8)c7)cc6c6c7ccccc7ccc65)nc(-c5ccccc5)c43)s2)cc1. The predicted molar refractivity (Wildman–Crippen MR) is 339 cm³/mol. The van der Waals surface area contributed by atoms with Gasteiger partial charge in [0, 0.05) is 58.4 Å². The van der Waals surface area contributed by atoms with Gasteiger partial charge < -0.3 is 0 Å². The average Bonchev–Trinajstić information content (AvgIpc) is 4.31. The Labute approximate surface area is 468 Å². The van der Waals surface area contributed by atoms with Gasteiger partial charge in [-0.05, 0) is 116 Å². The van der Waals surface area contributed by atoms with Gasteiger partial charge in [0.25, 0.3) is 0 Å². The number of hydrogen-bond donors (Lipinski definition) is 0. The van der Waals surface area contributed by atoms with Crippen LogP contribution in [0.5, 0.6) is 0 Å². The van der Waals surface area contributed by atoms with Crippen LogP contribution in [0, 0.1) is 0 Å². The summed E-state index contributed by atoms with van der Waals surface area (Å²) in [5, 5.41) is 12.6. The van der Waals surface area contributed by atoms with Gasteiger partial charge in [-0.1, -0.05) is 200 Å². The van der Waals surface area contributed by atoms with Crippen LogP contribution in [-0.2, 0) is 0 Å². The molecule has 0 fully saturated rings. The van der Waals surface area contributed by atoms with E-state index in [1.165, 1.54) is 47.5 Å². The summed E-state index contributed by atoms with van der Waals surface area (Å²) in [6.45, 7) is 0. The lowest BCUT2D eigenvalue weighted by Gasteiger charge is -2.13. The van der Waals surface area contributed by atoms with Crippen molar-refractivity contribution >= 4 is 108 Å². The quantitative estimate of drug-likeness (QED) is 0.160. The topological polar surface area (TPSA) is 61.4 Å². The Morgan fingerprint density at radius 3 is 1.33 bits per heavy atom. The monoisotopic (exact) mass is 1050 g/mol. The molecule has 0 aliphatic heterocycles. The van der Waals surface area contributed by atoms with Crippen LogP contribution in [0.4, 0.5) is 0 Å². The molecule has 6 nitrogen and oxygen atoms in total. The minimum atomic E-state index is 0.637. The van der Waals surface area contributed by atoms with Gasteiger partial charge in [0.1, 0.15) is 0 Å². The minimum Gasteiger partial charge on any atom is -0.278 e. The van der Waals surface area contributed by atoms with Gasteiger partial charge in [0.05, 0.1) is 44.5 Å². The van der Waals surface area contributed by atoms with Crippen LogP contribution in [0.2, 0.25) is 0 Å². The van der Waals surface area contributed by atoms with Gasteiger partial charge in [-0.15, -0.1) is 11.3 Å². The lowest BCUT2D eigenvalue weighted by molar-refractivity contribution is 1.01. The molecule has 0 aliphatic rings. The highest BCUT2D eigenvalue weighted by molar-refractivity contribution is 7.22. The van der Waals surface area contributed by atoms with E-state index in [0.717, 1.165) is 105 Å². The number of fused-ring (bicyclic) bond motifs is 14. The Morgan fingerprint density at radius 1 is 0.259 bits per heavy atom. The second-order valence-electron chi connectivity index (χ2n) is 20.9. The molecule has 0 amide bonds. The van der Waals surface area contributed by atoms with Crippen molar-refractivity contribution in [1.29, 1.82) is 0 Å². The highest BCUT2D eigenvalue weighted by Gasteiger charge is 2.23. The molecule has 0 saturated carbocycles. The first-order valence-corrected chi connectivity index (χ1v) is 28.2. The number of aromatic nitrogens is 6. The third kappa shape index (κ3) is 7.19. The van der Waals surface area contributed by atoms with E-state index in [-0.39, 0.29) is 0 Å². The van der Waals surface area contributed by atoms with Crippen molar-refractivity contribution in [2.75, 3.05) is 0 Å². The Bertz CT molecular complexity index is 5410. The van der Waals surface area contributed by atoms with Crippen LogP contribution in [0.3, 0.4) is 0 Å². The zero-order chi connectivity index (χ0) is 53.1. The van der Waals surface area contributed by atoms with Crippen molar-refractivity contribution in [3.63, 3.8) is 0 Å². The fourth-order valence-electron chi connectivity index (χ4n) is 12.6. The van der Waals surface area contributed by atoms with Crippen molar-refractivity contribution in [3.8, 4) is 67.1 Å².